The maximum atomic E-state index is 11.0. The number of hydrogen-bond acceptors (Lipinski definition) is 5. The highest BCUT2D eigenvalue weighted by Crippen LogP contribution is 2.26. The third-order valence-electron chi connectivity index (χ3n) is 2.47. The van der Waals surface area contributed by atoms with Crippen molar-refractivity contribution in [2.75, 3.05) is 5.75 Å². The van der Waals surface area contributed by atoms with Gasteiger partial charge in [-0.05, 0) is 5.56 Å². The number of carboxylic acid groups (broad SMARTS) is 1. The van der Waals surface area contributed by atoms with Crippen LogP contribution in [0.4, 0.5) is 5.69 Å². The second-order valence-corrected chi connectivity index (χ2v) is 6.02. The van der Waals surface area contributed by atoms with Crippen molar-refractivity contribution in [1.82, 2.24) is 5.32 Å². The van der Waals surface area contributed by atoms with Crippen LogP contribution >= 0.6 is 27.7 Å². The van der Waals surface area contributed by atoms with E-state index >= 15 is 0 Å². The van der Waals surface area contributed by atoms with Crippen LogP contribution < -0.4 is 5.32 Å². The molecule has 0 spiro atoms. The van der Waals surface area contributed by atoms with E-state index in [2.05, 4.69) is 21.2 Å². The number of thioether (sulfide) groups is 1. The molecular weight excluding hydrogens is 364 g/mol. The average Bonchev–Trinajstić information content (AvgIpc) is 2.38. The predicted octanol–water partition coefficient (Wildman–Crippen LogP) is 2.18. The SMILES string of the molecule is CC(=O)N[C@@H](CSCc1ccc([N+](=O)[O-])cc1Br)C(=O)O. The Morgan fingerprint density at radius 2 is 2.19 bits per heavy atom. The third kappa shape index (κ3) is 5.72. The minimum atomic E-state index is -1.10. The molecule has 114 valence electrons. The number of halogens is 1. The molecule has 1 aromatic carbocycles. The first-order valence-electron chi connectivity index (χ1n) is 5.81. The molecule has 0 unspecified atom stereocenters. The van der Waals surface area contributed by atoms with Crippen LogP contribution in [-0.4, -0.2) is 33.7 Å². The minimum absolute atomic E-state index is 0.0164. The number of nitro groups is 1. The van der Waals surface area contributed by atoms with Gasteiger partial charge in [-0.1, -0.05) is 22.0 Å². The normalized spacial score (nSPS) is 11.7. The molecule has 7 nitrogen and oxygen atoms in total. The van der Waals surface area contributed by atoms with Crippen LogP contribution in [-0.2, 0) is 15.3 Å². The van der Waals surface area contributed by atoms with Crippen molar-refractivity contribution in [3.05, 3.63) is 38.3 Å². The molecule has 21 heavy (non-hydrogen) atoms. The van der Waals surface area contributed by atoms with E-state index in [9.17, 15) is 19.7 Å². The van der Waals surface area contributed by atoms with Crippen molar-refractivity contribution in [3.63, 3.8) is 0 Å². The number of nitrogens with one attached hydrogen (secondary N) is 1. The van der Waals surface area contributed by atoms with Crippen LogP contribution in [0.15, 0.2) is 22.7 Å². The zero-order valence-electron chi connectivity index (χ0n) is 11.0. The summed E-state index contributed by atoms with van der Waals surface area (Å²) >= 11 is 4.57. The van der Waals surface area contributed by atoms with E-state index in [1.807, 2.05) is 0 Å². The van der Waals surface area contributed by atoms with Gasteiger partial charge in [0.15, 0.2) is 0 Å². The maximum absolute atomic E-state index is 11.0. The van der Waals surface area contributed by atoms with Crippen LogP contribution in [0.3, 0.4) is 0 Å². The standard InChI is InChI=1S/C12H13BrN2O5S/c1-7(16)14-11(12(17)18)6-21-5-8-2-3-9(15(19)20)4-10(8)13/h2-4,11H,5-6H2,1H3,(H,14,16)(H,17,18)/t11-/m0/s1. The Labute approximate surface area is 133 Å². The summed E-state index contributed by atoms with van der Waals surface area (Å²) in [5.74, 6) is -0.819. The summed E-state index contributed by atoms with van der Waals surface area (Å²) in [5.41, 5.74) is 0.801. The first-order chi connectivity index (χ1) is 9.81. The lowest BCUT2D eigenvalue weighted by Crippen LogP contribution is -2.41. The Hall–Kier alpha value is -1.61. The summed E-state index contributed by atoms with van der Waals surface area (Å²) < 4.78 is 0.593. The van der Waals surface area contributed by atoms with Gasteiger partial charge in [0.1, 0.15) is 6.04 Å². The fourth-order valence-corrected chi connectivity index (χ4v) is 3.22. The monoisotopic (exact) mass is 376 g/mol. The van der Waals surface area contributed by atoms with Crippen LogP contribution in [0.5, 0.6) is 0 Å². The quantitative estimate of drug-likeness (QED) is 0.557. The number of carboxylic acids is 1. The number of aliphatic carboxylic acids is 1. The van der Waals surface area contributed by atoms with Gasteiger partial charge in [0.25, 0.3) is 5.69 Å². The van der Waals surface area contributed by atoms with E-state index in [0.717, 1.165) is 5.56 Å². The smallest absolute Gasteiger partial charge is 0.327 e. The molecular formula is C12H13BrN2O5S. The van der Waals surface area contributed by atoms with Crippen LogP contribution in [0.2, 0.25) is 0 Å². The molecule has 1 atom stereocenters. The summed E-state index contributed by atoms with van der Waals surface area (Å²) in [4.78, 5) is 32.0. The summed E-state index contributed by atoms with van der Waals surface area (Å²) in [6.45, 7) is 1.26. The molecule has 0 saturated heterocycles. The predicted molar refractivity (Wildman–Crippen MR) is 82.2 cm³/mol. The summed E-state index contributed by atoms with van der Waals surface area (Å²) in [7, 11) is 0. The van der Waals surface area contributed by atoms with E-state index in [1.165, 1.54) is 30.8 Å². The van der Waals surface area contributed by atoms with Crippen molar-refractivity contribution < 1.29 is 19.6 Å². The molecule has 0 fully saturated rings. The Balaban J connectivity index is 2.60. The molecule has 0 heterocycles. The highest BCUT2D eigenvalue weighted by molar-refractivity contribution is 9.10. The largest absolute Gasteiger partial charge is 0.480 e. The number of nitrogens with zero attached hydrogens (tertiary/aromatic N) is 1. The lowest BCUT2D eigenvalue weighted by molar-refractivity contribution is -0.384. The first-order valence-corrected chi connectivity index (χ1v) is 7.76. The Kier molecular flexibility index (Phi) is 6.63. The van der Waals surface area contributed by atoms with Crippen molar-refractivity contribution in [2.45, 2.75) is 18.7 Å². The van der Waals surface area contributed by atoms with E-state index in [-0.39, 0.29) is 11.4 Å². The van der Waals surface area contributed by atoms with E-state index in [1.54, 1.807) is 6.07 Å². The Bertz CT molecular complexity index is 567. The zero-order valence-corrected chi connectivity index (χ0v) is 13.4. The molecule has 0 aromatic heterocycles. The first kappa shape index (κ1) is 17.4. The van der Waals surface area contributed by atoms with Crippen molar-refractivity contribution in [1.29, 1.82) is 0 Å². The fourth-order valence-electron chi connectivity index (χ4n) is 1.47. The molecule has 0 bridgehead atoms. The molecule has 1 aromatic rings. The second kappa shape index (κ2) is 7.99. The Morgan fingerprint density at radius 1 is 1.52 bits per heavy atom. The lowest BCUT2D eigenvalue weighted by atomic mass is 10.2. The van der Waals surface area contributed by atoms with Gasteiger partial charge in [-0.15, -0.1) is 0 Å². The van der Waals surface area contributed by atoms with Crippen molar-refractivity contribution in [2.24, 2.45) is 0 Å². The highest BCUT2D eigenvalue weighted by atomic mass is 79.9. The van der Waals surface area contributed by atoms with Gasteiger partial charge in [0, 0.05) is 35.0 Å². The molecule has 0 radical (unpaired) electrons. The van der Waals surface area contributed by atoms with Gasteiger partial charge < -0.3 is 10.4 Å². The number of carbonyl (C=O) groups excluding carboxylic acids is 1. The topological polar surface area (TPSA) is 110 Å². The van der Waals surface area contributed by atoms with Crippen molar-refractivity contribution >= 4 is 45.3 Å². The number of amides is 1. The fraction of sp³-hybridized carbons (Fsp3) is 0.333. The second-order valence-electron chi connectivity index (χ2n) is 4.14. The number of hydrogen-bond donors (Lipinski definition) is 2. The van der Waals surface area contributed by atoms with Crippen LogP contribution in [0, 0.1) is 10.1 Å². The molecule has 1 amide bonds. The zero-order chi connectivity index (χ0) is 16.0. The molecule has 0 aliphatic rings. The number of benzene rings is 1. The third-order valence-corrected chi connectivity index (χ3v) is 4.29. The van der Waals surface area contributed by atoms with Gasteiger partial charge in [-0.3, -0.25) is 14.9 Å². The minimum Gasteiger partial charge on any atom is -0.480 e. The van der Waals surface area contributed by atoms with Crippen molar-refractivity contribution in [3.8, 4) is 0 Å². The number of rotatable bonds is 7. The molecule has 0 aliphatic carbocycles. The highest BCUT2D eigenvalue weighted by Gasteiger charge is 2.18. The summed E-state index contributed by atoms with van der Waals surface area (Å²) in [6, 6.07) is 3.45. The van der Waals surface area contributed by atoms with Gasteiger partial charge >= 0.3 is 5.97 Å². The number of nitro benzene ring substituents is 1. The lowest BCUT2D eigenvalue weighted by Gasteiger charge is -2.13. The number of non-ortho nitro benzene ring substituents is 1. The van der Waals surface area contributed by atoms with Gasteiger partial charge in [0.2, 0.25) is 5.91 Å². The molecule has 1 rings (SSSR count). The van der Waals surface area contributed by atoms with Gasteiger partial charge in [-0.25, -0.2) is 4.79 Å². The summed E-state index contributed by atoms with van der Waals surface area (Å²) in [5, 5.41) is 21.9. The Morgan fingerprint density at radius 3 is 2.67 bits per heavy atom. The molecule has 0 aliphatic heterocycles. The maximum Gasteiger partial charge on any atom is 0.327 e. The van der Waals surface area contributed by atoms with Gasteiger partial charge in [-0.2, -0.15) is 11.8 Å². The molecule has 9 heteroatoms. The molecule has 2 N–H and O–H groups in total. The van der Waals surface area contributed by atoms with Crippen LogP contribution in [0.25, 0.3) is 0 Å². The van der Waals surface area contributed by atoms with E-state index < -0.39 is 22.8 Å². The van der Waals surface area contributed by atoms with Crippen LogP contribution in [0.1, 0.15) is 12.5 Å². The number of carbonyl (C=O) groups is 2. The molecule has 0 saturated carbocycles. The summed E-state index contributed by atoms with van der Waals surface area (Å²) in [6.07, 6.45) is 0. The average molecular weight is 377 g/mol. The van der Waals surface area contributed by atoms with Gasteiger partial charge in [0.05, 0.1) is 4.92 Å². The van der Waals surface area contributed by atoms with E-state index in [4.69, 9.17) is 5.11 Å². The van der Waals surface area contributed by atoms with E-state index in [0.29, 0.717) is 10.2 Å².